The largest absolute Gasteiger partial charge is 0.466 e. The Morgan fingerprint density at radius 2 is 1.95 bits per heavy atom. The maximum absolute atomic E-state index is 11.3. The summed E-state index contributed by atoms with van der Waals surface area (Å²) in [5.41, 5.74) is 7.09. The summed E-state index contributed by atoms with van der Waals surface area (Å²) in [6.45, 7) is 2.40. The topological polar surface area (TPSA) is 81.4 Å². The summed E-state index contributed by atoms with van der Waals surface area (Å²) >= 11 is 0. The molecule has 0 radical (unpaired) electrons. The maximum atomic E-state index is 11.3. The Morgan fingerprint density at radius 3 is 2.42 bits per heavy atom. The van der Waals surface area contributed by atoms with E-state index >= 15 is 0 Å². The minimum Gasteiger partial charge on any atom is -0.466 e. The summed E-state index contributed by atoms with van der Waals surface area (Å²) < 4.78 is 4.66. The van der Waals surface area contributed by atoms with E-state index in [-0.39, 0.29) is 5.97 Å². The third-order valence-electron chi connectivity index (χ3n) is 2.65. The summed E-state index contributed by atoms with van der Waals surface area (Å²) in [5.74, 6) is -0.765. The second-order valence-electron chi connectivity index (χ2n) is 3.90. The number of primary amides is 1. The third-order valence-corrected chi connectivity index (χ3v) is 2.65. The Morgan fingerprint density at radius 1 is 1.32 bits per heavy atom. The molecule has 1 aromatic rings. The van der Waals surface area contributed by atoms with Crippen LogP contribution in [0.15, 0.2) is 35.9 Å². The summed E-state index contributed by atoms with van der Waals surface area (Å²) in [7, 11) is 1.36. The van der Waals surface area contributed by atoms with Crippen molar-refractivity contribution in [2.45, 2.75) is 13.3 Å². The molecular formula is C14H18N2O3. The summed E-state index contributed by atoms with van der Waals surface area (Å²) in [4.78, 5) is 22.2. The van der Waals surface area contributed by atoms with Gasteiger partial charge in [0.25, 0.3) is 0 Å². The van der Waals surface area contributed by atoms with Crippen molar-refractivity contribution < 1.29 is 14.3 Å². The Hall–Kier alpha value is -2.30. The predicted octanol–water partition coefficient (Wildman–Crippen LogP) is 1.71. The van der Waals surface area contributed by atoms with Crippen molar-refractivity contribution in [2.24, 2.45) is 5.73 Å². The number of carbonyl (C=O) groups is 2. The van der Waals surface area contributed by atoms with Crippen LogP contribution >= 0.6 is 0 Å². The first-order valence-electron chi connectivity index (χ1n) is 5.99. The standard InChI is InChI=1S/C14H18N2O3/c1-3-10(14(18)19-2)8-9-16-12-6-4-11(5-7-12)13(15)17/h4-8,16H,3,9H2,1-2H3,(H2,15,17)/b10-8-. The van der Waals surface area contributed by atoms with Crippen LogP contribution in [0.2, 0.25) is 0 Å². The summed E-state index contributed by atoms with van der Waals surface area (Å²) in [5, 5.41) is 3.12. The van der Waals surface area contributed by atoms with Crippen molar-refractivity contribution in [2.75, 3.05) is 19.0 Å². The molecule has 0 unspecified atom stereocenters. The van der Waals surface area contributed by atoms with Crippen LogP contribution < -0.4 is 11.1 Å². The van der Waals surface area contributed by atoms with Gasteiger partial charge in [-0.05, 0) is 30.7 Å². The van der Waals surface area contributed by atoms with E-state index in [1.165, 1.54) is 7.11 Å². The molecule has 0 fully saturated rings. The molecule has 0 aliphatic heterocycles. The predicted molar refractivity (Wildman–Crippen MR) is 73.8 cm³/mol. The van der Waals surface area contributed by atoms with Crippen molar-refractivity contribution in [3.63, 3.8) is 0 Å². The van der Waals surface area contributed by atoms with E-state index < -0.39 is 5.91 Å². The lowest BCUT2D eigenvalue weighted by Gasteiger charge is -2.06. The number of rotatable bonds is 6. The van der Waals surface area contributed by atoms with Crippen molar-refractivity contribution >= 4 is 17.6 Å². The highest BCUT2D eigenvalue weighted by Crippen LogP contribution is 2.09. The van der Waals surface area contributed by atoms with Gasteiger partial charge in [-0.3, -0.25) is 4.79 Å². The fourth-order valence-corrected chi connectivity index (χ4v) is 1.55. The molecule has 0 bridgehead atoms. The van der Waals surface area contributed by atoms with Gasteiger partial charge < -0.3 is 15.8 Å². The van der Waals surface area contributed by atoms with Gasteiger partial charge in [0.05, 0.1) is 7.11 Å². The van der Waals surface area contributed by atoms with Crippen LogP contribution in [0.1, 0.15) is 23.7 Å². The number of amides is 1. The average Bonchev–Trinajstić information content (AvgIpc) is 2.43. The number of benzene rings is 1. The van der Waals surface area contributed by atoms with E-state index in [0.717, 1.165) is 5.69 Å². The number of methoxy groups -OCH3 is 1. The zero-order valence-electron chi connectivity index (χ0n) is 11.1. The number of nitrogens with one attached hydrogen (secondary N) is 1. The highest BCUT2D eigenvalue weighted by molar-refractivity contribution is 5.93. The average molecular weight is 262 g/mol. The number of ether oxygens (including phenoxy) is 1. The molecule has 5 heteroatoms. The number of anilines is 1. The number of carbonyl (C=O) groups excluding carboxylic acids is 2. The molecule has 0 aliphatic rings. The second kappa shape index (κ2) is 7.20. The fourth-order valence-electron chi connectivity index (χ4n) is 1.55. The Bertz CT molecular complexity index is 478. The van der Waals surface area contributed by atoms with Crippen LogP contribution in [-0.4, -0.2) is 25.5 Å². The van der Waals surface area contributed by atoms with Gasteiger partial charge in [0.15, 0.2) is 0 Å². The van der Waals surface area contributed by atoms with Crippen molar-refractivity contribution in [3.05, 3.63) is 41.5 Å². The number of hydrogen-bond acceptors (Lipinski definition) is 4. The Kier molecular flexibility index (Phi) is 5.60. The lowest BCUT2D eigenvalue weighted by molar-refractivity contribution is -0.136. The molecule has 1 rings (SSSR count). The van der Waals surface area contributed by atoms with Gasteiger partial charge in [-0.15, -0.1) is 0 Å². The highest BCUT2D eigenvalue weighted by atomic mass is 16.5. The van der Waals surface area contributed by atoms with E-state index in [0.29, 0.717) is 24.1 Å². The van der Waals surface area contributed by atoms with Crippen LogP contribution in [0.25, 0.3) is 0 Å². The highest BCUT2D eigenvalue weighted by Gasteiger charge is 2.05. The molecule has 0 aliphatic carbocycles. The first kappa shape index (κ1) is 14.8. The van der Waals surface area contributed by atoms with Crippen LogP contribution in [0.5, 0.6) is 0 Å². The summed E-state index contributed by atoms with van der Waals surface area (Å²) in [6, 6.07) is 6.82. The van der Waals surface area contributed by atoms with Gasteiger partial charge >= 0.3 is 5.97 Å². The molecular weight excluding hydrogens is 244 g/mol. The van der Waals surface area contributed by atoms with Gasteiger partial charge in [-0.1, -0.05) is 13.0 Å². The van der Waals surface area contributed by atoms with Crippen LogP contribution in [0.4, 0.5) is 5.69 Å². The lowest BCUT2D eigenvalue weighted by atomic mass is 10.2. The van der Waals surface area contributed by atoms with Crippen molar-refractivity contribution in [1.82, 2.24) is 0 Å². The quantitative estimate of drug-likeness (QED) is 0.604. The Balaban J connectivity index is 2.59. The molecule has 1 aromatic carbocycles. The molecule has 3 N–H and O–H groups in total. The van der Waals surface area contributed by atoms with E-state index in [9.17, 15) is 9.59 Å². The first-order valence-corrected chi connectivity index (χ1v) is 5.99. The molecule has 0 aromatic heterocycles. The van der Waals surface area contributed by atoms with E-state index in [4.69, 9.17) is 5.73 Å². The Labute approximate surface area is 112 Å². The van der Waals surface area contributed by atoms with Gasteiger partial charge in [0.1, 0.15) is 0 Å². The third kappa shape index (κ3) is 4.46. The van der Waals surface area contributed by atoms with Crippen LogP contribution in [0, 0.1) is 0 Å². The van der Waals surface area contributed by atoms with Crippen LogP contribution in [-0.2, 0) is 9.53 Å². The number of hydrogen-bond donors (Lipinski definition) is 2. The maximum Gasteiger partial charge on any atom is 0.333 e. The van der Waals surface area contributed by atoms with Gasteiger partial charge in [-0.2, -0.15) is 0 Å². The minimum absolute atomic E-state index is 0.312. The van der Waals surface area contributed by atoms with Gasteiger partial charge in [0, 0.05) is 23.4 Å². The van der Waals surface area contributed by atoms with E-state index in [2.05, 4.69) is 10.1 Å². The normalized spacial score (nSPS) is 10.9. The molecule has 0 heterocycles. The minimum atomic E-state index is -0.453. The fraction of sp³-hybridized carbons (Fsp3) is 0.286. The molecule has 0 saturated heterocycles. The molecule has 0 spiro atoms. The number of nitrogens with two attached hydrogens (primary N) is 1. The molecule has 1 amide bonds. The first-order chi connectivity index (χ1) is 9.08. The zero-order valence-corrected chi connectivity index (χ0v) is 11.1. The monoisotopic (exact) mass is 262 g/mol. The van der Waals surface area contributed by atoms with E-state index in [1.54, 1.807) is 30.3 Å². The van der Waals surface area contributed by atoms with E-state index in [1.807, 2.05) is 6.92 Å². The molecule has 0 saturated carbocycles. The molecule has 5 nitrogen and oxygen atoms in total. The smallest absolute Gasteiger partial charge is 0.333 e. The van der Waals surface area contributed by atoms with Crippen LogP contribution in [0.3, 0.4) is 0 Å². The lowest BCUT2D eigenvalue weighted by Crippen LogP contribution is -2.11. The summed E-state index contributed by atoms with van der Waals surface area (Å²) in [6.07, 6.45) is 2.41. The van der Waals surface area contributed by atoms with Crippen molar-refractivity contribution in [3.8, 4) is 0 Å². The van der Waals surface area contributed by atoms with Gasteiger partial charge in [0.2, 0.25) is 5.91 Å². The molecule has 102 valence electrons. The zero-order chi connectivity index (χ0) is 14.3. The SMILES string of the molecule is CC/C(=C/CNc1ccc(C(N)=O)cc1)C(=O)OC. The second-order valence-corrected chi connectivity index (χ2v) is 3.90. The molecule has 19 heavy (non-hydrogen) atoms. The van der Waals surface area contributed by atoms with Gasteiger partial charge in [-0.25, -0.2) is 4.79 Å². The van der Waals surface area contributed by atoms with Crippen molar-refractivity contribution in [1.29, 1.82) is 0 Å². The number of esters is 1. The molecule has 0 atom stereocenters.